The summed E-state index contributed by atoms with van der Waals surface area (Å²) < 4.78 is 0. The Labute approximate surface area is 128 Å². The van der Waals surface area contributed by atoms with Gasteiger partial charge in [0.2, 0.25) is 5.91 Å². The van der Waals surface area contributed by atoms with Gasteiger partial charge >= 0.3 is 0 Å². The van der Waals surface area contributed by atoms with Crippen LogP contribution in [-0.4, -0.2) is 11.9 Å². The van der Waals surface area contributed by atoms with Crippen molar-refractivity contribution in [2.75, 3.05) is 0 Å². The Balaban J connectivity index is 1.65. The van der Waals surface area contributed by atoms with E-state index in [1.54, 1.807) is 11.3 Å². The summed E-state index contributed by atoms with van der Waals surface area (Å²) >= 11 is 3.57. The molecule has 1 N–H and O–H groups in total. The Morgan fingerprint density at radius 2 is 2.15 bits per heavy atom. The quantitative estimate of drug-likeness (QED) is 0.816. The van der Waals surface area contributed by atoms with E-state index in [9.17, 15) is 4.79 Å². The third-order valence-electron chi connectivity index (χ3n) is 3.12. The summed E-state index contributed by atoms with van der Waals surface area (Å²) in [5.74, 6) is 0.169. The van der Waals surface area contributed by atoms with Gasteiger partial charge in [-0.05, 0) is 50.3 Å². The molecule has 108 valence electrons. The number of thiophene rings is 2. The number of rotatable bonds is 7. The molecule has 0 aromatic carbocycles. The van der Waals surface area contributed by atoms with Crippen LogP contribution >= 0.6 is 22.7 Å². The second kappa shape index (κ2) is 7.60. The number of carbonyl (C=O) groups excluding carboxylic acids is 1. The fraction of sp³-hybridized carbons (Fsp3) is 0.438. The third-order valence-corrected chi connectivity index (χ3v) is 5.08. The zero-order valence-electron chi connectivity index (χ0n) is 12.0. The van der Waals surface area contributed by atoms with E-state index in [0.29, 0.717) is 6.42 Å². The zero-order valence-corrected chi connectivity index (χ0v) is 13.7. The summed E-state index contributed by atoms with van der Waals surface area (Å²) in [5, 5.41) is 5.17. The highest BCUT2D eigenvalue weighted by molar-refractivity contribution is 7.11. The van der Waals surface area contributed by atoms with Crippen molar-refractivity contribution in [1.82, 2.24) is 5.32 Å². The van der Waals surface area contributed by atoms with Crippen LogP contribution in [0, 0.1) is 6.92 Å². The molecule has 4 heteroatoms. The molecule has 0 radical (unpaired) electrons. The fourth-order valence-corrected chi connectivity index (χ4v) is 3.94. The number of aryl methyl sites for hydroxylation is 2. The predicted molar refractivity (Wildman–Crippen MR) is 87.6 cm³/mol. The normalized spacial score (nSPS) is 12.3. The van der Waals surface area contributed by atoms with Crippen molar-refractivity contribution < 1.29 is 4.79 Å². The van der Waals surface area contributed by atoms with Crippen molar-refractivity contribution in [3.63, 3.8) is 0 Å². The second-order valence-corrected chi connectivity index (χ2v) is 7.52. The van der Waals surface area contributed by atoms with Gasteiger partial charge < -0.3 is 5.32 Å². The average Bonchev–Trinajstić information content (AvgIpc) is 3.01. The first-order valence-electron chi connectivity index (χ1n) is 7.00. The van der Waals surface area contributed by atoms with Crippen LogP contribution in [0.25, 0.3) is 0 Å². The van der Waals surface area contributed by atoms with Crippen LogP contribution < -0.4 is 5.32 Å². The Bertz CT molecular complexity index is 530. The Hall–Kier alpha value is -1.13. The van der Waals surface area contributed by atoms with Gasteiger partial charge in [-0.25, -0.2) is 0 Å². The van der Waals surface area contributed by atoms with E-state index in [0.717, 1.165) is 19.3 Å². The average molecular weight is 307 g/mol. The number of hydrogen-bond acceptors (Lipinski definition) is 3. The van der Waals surface area contributed by atoms with Crippen LogP contribution in [0.3, 0.4) is 0 Å². The van der Waals surface area contributed by atoms with E-state index in [1.807, 2.05) is 11.3 Å². The van der Waals surface area contributed by atoms with Gasteiger partial charge in [0.15, 0.2) is 0 Å². The molecule has 2 rings (SSSR count). The highest BCUT2D eigenvalue weighted by atomic mass is 32.1. The lowest BCUT2D eigenvalue weighted by molar-refractivity contribution is -0.121. The fourth-order valence-electron chi connectivity index (χ4n) is 2.17. The maximum absolute atomic E-state index is 11.9. The lowest BCUT2D eigenvalue weighted by Crippen LogP contribution is -2.33. The molecule has 0 aliphatic carbocycles. The van der Waals surface area contributed by atoms with Crippen molar-refractivity contribution in [1.29, 1.82) is 0 Å². The van der Waals surface area contributed by atoms with Gasteiger partial charge in [0.25, 0.3) is 0 Å². The first-order chi connectivity index (χ1) is 9.63. The van der Waals surface area contributed by atoms with Gasteiger partial charge in [0.05, 0.1) is 0 Å². The molecule has 2 aromatic rings. The third kappa shape index (κ3) is 5.10. The van der Waals surface area contributed by atoms with Crippen molar-refractivity contribution in [2.24, 2.45) is 0 Å². The standard InChI is InChI=1S/C16H21NOS2/c1-12(11-15-9-8-13(2)20-15)17-16(18)7-3-5-14-6-4-10-19-14/h4,6,8-10,12H,3,5,7,11H2,1-2H3,(H,17,18). The molecule has 0 spiro atoms. The SMILES string of the molecule is Cc1ccc(CC(C)NC(=O)CCCc2cccs2)s1. The largest absolute Gasteiger partial charge is 0.353 e. The zero-order chi connectivity index (χ0) is 14.4. The maximum atomic E-state index is 11.9. The molecule has 0 fully saturated rings. The van der Waals surface area contributed by atoms with Crippen LogP contribution in [-0.2, 0) is 17.6 Å². The smallest absolute Gasteiger partial charge is 0.220 e. The minimum Gasteiger partial charge on any atom is -0.353 e. The van der Waals surface area contributed by atoms with Gasteiger partial charge in [-0.3, -0.25) is 4.79 Å². The first-order valence-corrected chi connectivity index (χ1v) is 8.70. The predicted octanol–water partition coefficient (Wildman–Crippen LogP) is 4.19. The van der Waals surface area contributed by atoms with Gasteiger partial charge in [0.1, 0.15) is 0 Å². The van der Waals surface area contributed by atoms with Crippen LogP contribution in [0.2, 0.25) is 0 Å². The van der Waals surface area contributed by atoms with Crippen molar-refractivity contribution in [3.05, 3.63) is 44.3 Å². The van der Waals surface area contributed by atoms with Crippen LogP contribution in [0.5, 0.6) is 0 Å². The highest BCUT2D eigenvalue weighted by Gasteiger charge is 2.09. The Morgan fingerprint density at radius 3 is 2.80 bits per heavy atom. The summed E-state index contributed by atoms with van der Waals surface area (Å²) in [6, 6.07) is 8.69. The topological polar surface area (TPSA) is 29.1 Å². The molecule has 2 nitrogen and oxygen atoms in total. The monoisotopic (exact) mass is 307 g/mol. The molecule has 0 aliphatic rings. The molecule has 2 aromatic heterocycles. The molecule has 1 amide bonds. The summed E-state index contributed by atoms with van der Waals surface area (Å²) in [5.41, 5.74) is 0. The van der Waals surface area contributed by atoms with E-state index >= 15 is 0 Å². The van der Waals surface area contributed by atoms with Gasteiger partial charge in [-0.15, -0.1) is 22.7 Å². The van der Waals surface area contributed by atoms with Gasteiger partial charge in [-0.2, -0.15) is 0 Å². The van der Waals surface area contributed by atoms with Crippen molar-refractivity contribution in [2.45, 2.75) is 45.6 Å². The van der Waals surface area contributed by atoms with Crippen LogP contribution in [0.4, 0.5) is 0 Å². The van der Waals surface area contributed by atoms with Crippen LogP contribution in [0.15, 0.2) is 29.6 Å². The second-order valence-electron chi connectivity index (χ2n) is 5.12. The van der Waals surface area contributed by atoms with Gasteiger partial charge in [0, 0.05) is 33.5 Å². The van der Waals surface area contributed by atoms with E-state index in [1.165, 1.54) is 14.6 Å². The molecule has 1 atom stereocenters. The molecule has 0 aliphatic heterocycles. The molecular formula is C16H21NOS2. The van der Waals surface area contributed by atoms with E-state index in [2.05, 4.69) is 48.8 Å². The number of nitrogens with one attached hydrogen (secondary N) is 1. The summed E-state index contributed by atoms with van der Waals surface area (Å²) in [6.45, 7) is 4.19. The maximum Gasteiger partial charge on any atom is 0.220 e. The molecule has 2 heterocycles. The lowest BCUT2D eigenvalue weighted by Gasteiger charge is -2.12. The van der Waals surface area contributed by atoms with Crippen LogP contribution in [0.1, 0.15) is 34.4 Å². The minimum absolute atomic E-state index is 0.169. The first kappa shape index (κ1) is 15.3. The van der Waals surface area contributed by atoms with Crippen molar-refractivity contribution >= 4 is 28.6 Å². The Morgan fingerprint density at radius 1 is 1.30 bits per heavy atom. The van der Waals surface area contributed by atoms with Gasteiger partial charge in [-0.1, -0.05) is 6.07 Å². The Kier molecular flexibility index (Phi) is 5.80. The molecular weight excluding hydrogens is 286 g/mol. The molecule has 0 saturated heterocycles. The van der Waals surface area contributed by atoms with E-state index < -0.39 is 0 Å². The summed E-state index contributed by atoms with van der Waals surface area (Å²) in [6.07, 6.45) is 3.47. The lowest BCUT2D eigenvalue weighted by atomic mass is 10.1. The summed E-state index contributed by atoms with van der Waals surface area (Å²) in [7, 11) is 0. The number of hydrogen-bond donors (Lipinski definition) is 1. The molecule has 0 saturated carbocycles. The highest BCUT2D eigenvalue weighted by Crippen LogP contribution is 2.17. The molecule has 1 unspecified atom stereocenters. The number of amides is 1. The van der Waals surface area contributed by atoms with E-state index in [4.69, 9.17) is 0 Å². The summed E-state index contributed by atoms with van der Waals surface area (Å²) in [4.78, 5) is 15.9. The van der Waals surface area contributed by atoms with Crippen molar-refractivity contribution in [3.8, 4) is 0 Å². The molecule has 20 heavy (non-hydrogen) atoms. The number of carbonyl (C=O) groups is 1. The minimum atomic E-state index is 0.169. The molecule has 0 bridgehead atoms. The van der Waals surface area contributed by atoms with E-state index in [-0.39, 0.29) is 11.9 Å².